The van der Waals surface area contributed by atoms with Gasteiger partial charge in [0.2, 0.25) is 0 Å². The summed E-state index contributed by atoms with van der Waals surface area (Å²) in [5.41, 5.74) is -0.136. The van der Waals surface area contributed by atoms with E-state index in [-0.39, 0.29) is 17.7 Å². The van der Waals surface area contributed by atoms with E-state index in [9.17, 15) is 4.79 Å². The lowest BCUT2D eigenvalue weighted by Gasteiger charge is -2.39. The molecular formula is C15H25IO3. The zero-order valence-corrected chi connectivity index (χ0v) is 14.4. The maximum atomic E-state index is 11.0. The monoisotopic (exact) mass is 380 g/mol. The Hall–Kier alpha value is -0.100. The maximum absolute atomic E-state index is 11.0. The summed E-state index contributed by atoms with van der Waals surface area (Å²) in [4.78, 5) is 11.0. The highest BCUT2D eigenvalue weighted by atomic mass is 127. The Balaban J connectivity index is 2.77. The third-order valence-corrected chi connectivity index (χ3v) is 4.82. The summed E-state index contributed by atoms with van der Waals surface area (Å²) in [5.74, 6) is -0.247. The molecule has 0 aliphatic carbocycles. The molecule has 0 amide bonds. The molecule has 19 heavy (non-hydrogen) atoms. The average molecular weight is 380 g/mol. The zero-order chi connectivity index (χ0) is 14.3. The van der Waals surface area contributed by atoms with Crippen molar-refractivity contribution >= 4 is 28.6 Å². The van der Waals surface area contributed by atoms with Crippen LogP contribution in [0.1, 0.15) is 59.3 Å². The average Bonchev–Trinajstić information content (AvgIpc) is 2.36. The molecular weight excluding hydrogens is 355 g/mol. The molecule has 1 aliphatic rings. The van der Waals surface area contributed by atoms with E-state index >= 15 is 0 Å². The van der Waals surface area contributed by atoms with E-state index in [0.717, 1.165) is 12.8 Å². The van der Waals surface area contributed by atoms with E-state index in [0.29, 0.717) is 6.61 Å². The van der Waals surface area contributed by atoms with Crippen LogP contribution in [0, 0.1) is 0 Å². The first-order valence-electron chi connectivity index (χ1n) is 7.23. The Kier molecular flexibility index (Phi) is 7.36. The second-order valence-electron chi connectivity index (χ2n) is 5.17. The fraction of sp³-hybridized carbons (Fsp3) is 0.800. The van der Waals surface area contributed by atoms with Crippen LogP contribution in [0.15, 0.2) is 9.66 Å². The predicted octanol–water partition coefficient (Wildman–Crippen LogP) is 4.39. The van der Waals surface area contributed by atoms with Gasteiger partial charge in [0.25, 0.3) is 0 Å². The summed E-state index contributed by atoms with van der Waals surface area (Å²) in [6, 6.07) is 0. The molecule has 0 fully saturated rings. The zero-order valence-electron chi connectivity index (χ0n) is 12.2. The highest BCUT2D eigenvalue weighted by molar-refractivity contribution is 14.1. The van der Waals surface area contributed by atoms with Crippen LogP contribution in [0.5, 0.6) is 0 Å². The summed E-state index contributed by atoms with van der Waals surface area (Å²) in [5, 5.41) is 0. The van der Waals surface area contributed by atoms with Crippen molar-refractivity contribution in [3.63, 3.8) is 0 Å². The van der Waals surface area contributed by atoms with E-state index in [1.165, 1.54) is 36.2 Å². The fourth-order valence-corrected chi connectivity index (χ4v) is 3.48. The lowest BCUT2D eigenvalue weighted by Crippen LogP contribution is -2.41. The molecule has 110 valence electrons. The van der Waals surface area contributed by atoms with E-state index in [4.69, 9.17) is 9.47 Å². The number of halogens is 1. The van der Waals surface area contributed by atoms with Gasteiger partial charge in [-0.05, 0) is 41.5 Å². The number of unbranched alkanes of at least 4 members (excludes halogenated alkanes) is 2. The largest absolute Gasteiger partial charge is 0.456 e. The first kappa shape index (κ1) is 17.0. The van der Waals surface area contributed by atoms with Crippen molar-refractivity contribution in [3.05, 3.63) is 9.66 Å². The number of carbonyl (C=O) groups excluding carboxylic acids is 1. The summed E-state index contributed by atoms with van der Waals surface area (Å²) < 4.78 is 12.6. The van der Waals surface area contributed by atoms with Crippen LogP contribution in [0.4, 0.5) is 0 Å². The lowest BCUT2D eigenvalue weighted by molar-refractivity contribution is -0.151. The molecule has 1 aliphatic heterocycles. The van der Waals surface area contributed by atoms with Crippen LogP contribution in [0.2, 0.25) is 0 Å². The van der Waals surface area contributed by atoms with Crippen molar-refractivity contribution in [2.75, 3.05) is 6.61 Å². The summed E-state index contributed by atoms with van der Waals surface area (Å²) in [7, 11) is 0. The number of hydrogen-bond acceptors (Lipinski definition) is 3. The van der Waals surface area contributed by atoms with Gasteiger partial charge >= 0.3 is 5.97 Å². The third kappa shape index (κ3) is 5.06. The molecule has 1 atom stereocenters. The normalized spacial score (nSPS) is 21.9. The Morgan fingerprint density at radius 2 is 2.00 bits per heavy atom. The number of carbonyl (C=O) groups is 1. The maximum Gasteiger partial charge on any atom is 0.303 e. The van der Waals surface area contributed by atoms with Crippen molar-refractivity contribution in [2.24, 2.45) is 0 Å². The van der Waals surface area contributed by atoms with Crippen LogP contribution < -0.4 is 0 Å². The highest BCUT2D eigenvalue weighted by Crippen LogP contribution is 2.40. The van der Waals surface area contributed by atoms with E-state index < -0.39 is 0 Å². The van der Waals surface area contributed by atoms with Gasteiger partial charge in [0.05, 0.1) is 12.2 Å². The van der Waals surface area contributed by atoms with Gasteiger partial charge in [-0.3, -0.25) is 4.79 Å². The number of ether oxygens (including phenoxy) is 2. The molecule has 0 spiro atoms. The van der Waals surface area contributed by atoms with E-state index in [1.54, 1.807) is 0 Å². The molecule has 0 aromatic heterocycles. The molecule has 1 rings (SSSR count). The molecule has 0 aromatic carbocycles. The van der Waals surface area contributed by atoms with Crippen LogP contribution in [0.25, 0.3) is 0 Å². The lowest BCUT2D eigenvalue weighted by atomic mass is 9.88. The van der Waals surface area contributed by atoms with Gasteiger partial charge in [-0.15, -0.1) is 0 Å². The van der Waals surface area contributed by atoms with Crippen LogP contribution in [-0.4, -0.2) is 24.3 Å². The van der Waals surface area contributed by atoms with Crippen molar-refractivity contribution < 1.29 is 14.3 Å². The predicted molar refractivity (Wildman–Crippen MR) is 85.4 cm³/mol. The van der Waals surface area contributed by atoms with Crippen LogP contribution in [-0.2, 0) is 14.3 Å². The van der Waals surface area contributed by atoms with Crippen LogP contribution in [0.3, 0.4) is 0 Å². The van der Waals surface area contributed by atoms with Gasteiger partial charge < -0.3 is 9.47 Å². The summed E-state index contributed by atoms with van der Waals surface area (Å²) in [6.07, 6.45) is 8.65. The molecule has 0 radical (unpaired) electrons. The minimum atomic E-state index is -0.247. The smallest absolute Gasteiger partial charge is 0.303 e. The first-order chi connectivity index (χ1) is 9.04. The second-order valence-corrected chi connectivity index (χ2v) is 6.34. The van der Waals surface area contributed by atoms with E-state index in [1.807, 2.05) is 0 Å². The van der Waals surface area contributed by atoms with Crippen molar-refractivity contribution in [1.82, 2.24) is 0 Å². The van der Waals surface area contributed by atoms with Crippen molar-refractivity contribution in [2.45, 2.75) is 71.0 Å². The summed E-state index contributed by atoms with van der Waals surface area (Å²) in [6.45, 7) is 6.33. The molecule has 0 saturated heterocycles. The molecule has 1 unspecified atom stereocenters. The minimum absolute atomic E-state index is 0.136. The van der Waals surface area contributed by atoms with Crippen molar-refractivity contribution in [3.8, 4) is 0 Å². The molecule has 0 N–H and O–H groups in total. The molecule has 1 heterocycles. The molecule has 0 aromatic rings. The first-order valence-corrected chi connectivity index (χ1v) is 8.31. The Labute approximate surface area is 130 Å². The Bertz CT molecular complexity index is 317. The highest BCUT2D eigenvalue weighted by Gasteiger charge is 2.37. The molecule has 3 nitrogen and oxygen atoms in total. The quantitative estimate of drug-likeness (QED) is 0.486. The standard InChI is InChI=1S/C15H25IO3/c1-4-6-8-15(9-7-5-2)14(16)10-13(11-18-15)19-12(3)17/h10,13H,4-9,11H2,1-3H3. The molecule has 0 saturated carbocycles. The number of hydrogen-bond donors (Lipinski definition) is 0. The molecule has 4 heteroatoms. The molecule has 0 bridgehead atoms. The second kappa shape index (κ2) is 8.25. The van der Waals surface area contributed by atoms with Gasteiger partial charge in [-0.25, -0.2) is 0 Å². The summed E-state index contributed by atoms with van der Waals surface area (Å²) >= 11 is 2.36. The SMILES string of the molecule is CCCCC1(CCCC)OCC(OC(C)=O)C=C1I. The third-order valence-electron chi connectivity index (χ3n) is 3.48. The van der Waals surface area contributed by atoms with Gasteiger partial charge in [0.15, 0.2) is 0 Å². The Morgan fingerprint density at radius 3 is 2.42 bits per heavy atom. The minimum Gasteiger partial charge on any atom is -0.456 e. The number of esters is 1. The van der Waals surface area contributed by atoms with Gasteiger partial charge in [0.1, 0.15) is 6.10 Å². The van der Waals surface area contributed by atoms with Gasteiger partial charge in [0, 0.05) is 10.5 Å². The van der Waals surface area contributed by atoms with Gasteiger partial charge in [-0.1, -0.05) is 39.5 Å². The van der Waals surface area contributed by atoms with Gasteiger partial charge in [-0.2, -0.15) is 0 Å². The van der Waals surface area contributed by atoms with Crippen molar-refractivity contribution in [1.29, 1.82) is 0 Å². The van der Waals surface area contributed by atoms with Crippen LogP contribution >= 0.6 is 22.6 Å². The van der Waals surface area contributed by atoms with E-state index in [2.05, 4.69) is 42.5 Å². The Morgan fingerprint density at radius 1 is 1.42 bits per heavy atom. The topological polar surface area (TPSA) is 35.5 Å². The fourth-order valence-electron chi connectivity index (χ4n) is 2.39. The number of rotatable bonds is 7.